The molecule has 1 aliphatic carbocycles. The molecule has 3 heteroatoms. The Hall–Kier alpha value is 0.200. The molecule has 12 heavy (non-hydrogen) atoms. The van der Waals surface area contributed by atoms with Crippen molar-refractivity contribution in [3.05, 3.63) is 0 Å². The van der Waals surface area contributed by atoms with Crippen molar-refractivity contribution in [2.75, 3.05) is 6.61 Å². The third-order valence-corrected chi connectivity index (χ3v) is 2.88. The Kier molecular flexibility index (Phi) is 4.32. The van der Waals surface area contributed by atoms with Crippen molar-refractivity contribution in [2.24, 2.45) is 11.8 Å². The van der Waals surface area contributed by atoms with E-state index >= 15 is 0 Å². The molecule has 1 aliphatic rings. The zero-order chi connectivity index (χ0) is 8.97. The van der Waals surface area contributed by atoms with Crippen molar-refractivity contribution in [1.82, 2.24) is 0 Å². The molecule has 0 N–H and O–H groups in total. The van der Waals surface area contributed by atoms with Crippen LogP contribution in [0.25, 0.3) is 0 Å². The first kappa shape index (κ1) is 10.3. The molecule has 0 unspecified atom stereocenters. The van der Waals surface area contributed by atoms with Crippen LogP contribution in [0.3, 0.4) is 0 Å². The second-order valence-electron chi connectivity index (χ2n) is 3.67. The van der Waals surface area contributed by atoms with Gasteiger partial charge in [-0.1, -0.05) is 19.8 Å². The summed E-state index contributed by atoms with van der Waals surface area (Å²) in [6.07, 6.45) is 5.04. The van der Waals surface area contributed by atoms with E-state index in [2.05, 4.69) is 6.92 Å². The Morgan fingerprint density at radius 2 is 2.00 bits per heavy atom. The lowest BCUT2D eigenvalue weighted by molar-refractivity contribution is 0.135. The largest absolute Gasteiger partial charge is 0.458 e. The Balaban J connectivity index is 2.13. The van der Waals surface area contributed by atoms with E-state index < -0.39 is 0 Å². The minimum atomic E-state index is -0.175. The fourth-order valence-corrected chi connectivity index (χ4v) is 1.86. The molecule has 0 aromatic heterocycles. The third kappa shape index (κ3) is 3.74. The van der Waals surface area contributed by atoms with Crippen LogP contribution in [0.2, 0.25) is 0 Å². The molecule has 0 radical (unpaired) electrons. The van der Waals surface area contributed by atoms with Crippen molar-refractivity contribution in [1.29, 1.82) is 0 Å². The normalized spacial score (nSPS) is 29.8. The van der Waals surface area contributed by atoms with Crippen molar-refractivity contribution in [3.63, 3.8) is 0 Å². The summed E-state index contributed by atoms with van der Waals surface area (Å²) in [6.45, 7) is 2.93. The summed E-state index contributed by atoms with van der Waals surface area (Å²) < 4.78 is 4.79. The first-order valence-electron chi connectivity index (χ1n) is 4.50. The van der Waals surface area contributed by atoms with Crippen molar-refractivity contribution in [2.45, 2.75) is 32.6 Å². The zero-order valence-electron chi connectivity index (χ0n) is 7.38. The van der Waals surface area contributed by atoms with Crippen LogP contribution >= 0.6 is 22.6 Å². The molecule has 1 rings (SSSR count). The lowest BCUT2D eigenvalue weighted by Crippen LogP contribution is -2.17. The number of hydrogen-bond donors (Lipinski definition) is 0. The van der Waals surface area contributed by atoms with E-state index in [1.807, 2.05) is 0 Å². The van der Waals surface area contributed by atoms with Crippen LogP contribution in [0, 0.1) is 11.8 Å². The van der Waals surface area contributed by atoms with Crippen LogP contribution in [-0.2, 0) is 4.74 Å². The predicted molar refractivity (Wildman–Crippen MR) is 56.5 cm³/mol. The number of rotatable bonds is 2. The second-order valence-corrected chi connectivity index (χ2v) is 4.56. The van der Waals surface area contributed by atoms with Crippen LogP contribution in [0.15, 0.2) is 0 Å². The van der Waals surface area contributed by atoms with E-state index in [-0.39, 0.29) is 3.98 Å². The van der Waals surface area contributed by atoms with Crippen molar-refractivity contribution in [3.8, 4) is 0 Å². The van der Waals surface area contributed by atoms with Gasteiger partial charge in [-0.2, -0.15) is 0 Å². The summed E-state index contributed by atoms with van der Waals surface area (Å²) >= 11 is 1.68. The Morgan fingerprint density at radius 3 is 2.50 bits per heavy atom. The lowest BCUT2D eigenvalue weighted by atomic mass is 9.83. The van der Waals surface area contributed by atoms with E-state index in [1.54, 1.807) is 22.6 Å². The van der Waals surface area contributed by atoms with Gasteiger partial charge in [0.05, 0.1) is 29.2 Å². The molecule has 0 aromatic rings. The molecule has 0 atom stereocenters. The molecular weight excluding hydrogens is 267 g/mol. The highest BCUT2D eigenvalue weighted by atomic mass is 127. The van der Waals surface area contributed by atoms with Gasteiger partial charge >= 0.3 is 3.98 Å². The average molecular weight is 282 g/mol. The van der Waals surface area contributed by atoms with Gasteiger partial charge in [-0.25, -0.2) is 4.79 Å². The van der Waals surface area contributed by atoms with E-state index in [4.69, 9.17) is 4.74 Å². The van der Waals surface area contributed by atoms with Gasteiger partial charge in [-0.15, -0.1) is 0 Å². The molecule has 0 saturated heterocycles. The quantitative estimate of drug-likeness (QED) is 0.573. The molecule has 0 aliphatic heterocycles. The van der Waals surface area contributed by atoms with Gasteiger partial charge in [0.2, 0.25) is 0 Å². The predicted octanol–water partition coefficient (Wildman–Crippen LogP) is 3.38. The number of halogens is 1. The fourth-order valence-electron chi connectivity index (χ4n) is 1.68. The Morgan fingerprint density at radius 1 is 1.42 bits per heavy atom. The number of carbonyl (C=O) groups is 1. The van der Waals surface area contributed by atoms with Gasteiger partial charge in [0.15, 0.2) is 0 Å². The van der Waals surface area contributed by atoms with E-state index in [0.717, 1.165) is 5.92 Å². The fraction of sp³-hybridized carbons (Fsp3) is 0.889. The summed E-state index contributed by atoms with van der Waals surface area (Å²) in [5.74, 6) is 1.50. The van der Waals surface area contributed by atoms with Gasteiger partial charge in [-0.05, 0) is 24.7 Å². The van der Waals surface area contributed by atoms with Gasteiger partial charge in [-0.3, -0.25) is 0 Å². The molecule has 0 spiro atoms. The maximum absolute atomic E-state index is 10.5. The zero-order valence-corrected chi connectivity index (χ0v) is 9.54. The van der Waals surface area contributed by atoms with E-state index in [9.17, 15) is 4.79 Å². The maximum Gasteiger partial charge on any atom is 0.367 e. The third-order valence-electron chi connectivity index (χ3n) is 2.57. The highest BCUT2D eigenvalue weighted by Crippen LogP contribution is 2.28. The standard InChI is InChI=1S/C9H15IO2/c1-7-2-4-8(5-3-7)6-12-9(10)11/h7-8H,2-6H2,1H3. The van der Waals surface area contributed by atoms with Crippen LogP contribution in [0.1, 0.15) is 32.6 Å². The summed E-state index contributed by atoms with van der Waals surface area (Å²) in [6, 6.07) is 0. The highest BCUT2D eigenvalue weighted by Gasteiger charge is 2.18. The molecule has 70 valence electrons. The van der Waals surface area contributed by atoms with E-state index in [0.29, 0.717) is 12.5 Å². The van der Waals surface area contributed by atoms with Gasteiger partial charge in [0.25, 0.3) is 0 Å². The van der Waals surface area contributed by atoms with Crippen LogP contribution in [-0.4, -0.2) is 10.6 Å². The van der Waals surface area contributed by atoms with Gasteiger partial charge in [0.1, 0.15) is 0 Å². The van der Waals surface area contributed by atoms with Crippen LogP contribution < -0.4 is 0 Å². The van der Waals surface area contributed by atoms with Crippen molar-refractivity contribution >= 4 is 26.6 Å². The topological polar surface area (TPSA) is 26.3 Å². The summed E-state index contributed by atoms with van der Waals surface area (Å²) in [5.41, 5.74) is 0. The number of carbonyl (C=O) groups excluding carboxylic acids is 1. The average Bonchev–Trinajstić information content (AvgIpc) is 2.03. The van der Waals surface area contributed by atoms with E-state index in [1.165, 1.54) is 25.7 Å². The van der Waals surface area contributed by atoms with Gasteiger partial charge < -0.3 is 4.74 Å². The molecular formula is C9H15IO2. The van der Waals surface area contributed by atoms with Gasteiger partial charge in [0, 0.05) is 0 Å². The summed E-state index contributed by atoms with van der Waals surface area (Å²) in [7, 11) is 0. The van der Waals surface area contributed by atoms with Crippen LogP contribution in [0.5, 0.6) is 0 Å². The number of ether oxygens (including phenoxy) is 1. The molecule has 2 nitrogen and oxygen atoms in total. The molecule has 0 bridgehead atoms. The van der Waals surface area contributed by atoms with Crippen LogP contribution in [0.4, 0.5) is 4.79 Å². The summed E-state index contributed by atoms with van der Waals surface area (Å²) in [4.78, 5) is 10.5. The molecule has 1 fully saturated rings. The minimum Gasteiger partial charge on any atom is -0.458 e. The molecule has 0 aromatic carbocycles. The molecule has 0 heterocycles. The minimum absolute atomic E-state index is 0.175. The Bertz CT molecular complexity index is 151. The lowest BCUT2D eigenvalue weighted by Gasteiger charge is -2.25. The monoisotopic (exact) mass is 282 g/mol. The first-order chi connectivity index (χ1) is 5.68. The molecule has 0 amide bonds. The highest BCUT2D eigenvalue weighted by molar-refractivity contribution is 14.1. The number of hydrogen-bond acceptors (Lipinski definition) is 2. The van der Waals surface area contributed by atoms with Crippen molar-refractivity contribution < 1.29 is 9.53 Å². The smallest absolute Gasteiger partial charge is 0.367 e. The summed E-state index contributed by atoms with van der Waals surface area (Å²) in [5, 5.41) is 0. The Labute approximate surface area is 87.2 Å². The second kappa shape index (κ2) is 5.04. The molecule has 1 saturated carbocycles. The SMILES string of the molecule is CC1CCC(COC(=O)I)CC1. The first-order valence-corrected chi connectivity index (χ1v) is 5.58. The maximum atomic E-state index is 10.5.